The van der Waals surface area contributed by atoms with Crippen LogP contribution >= 0.6 is 11.6 Å². The fourth-order valence-corrected chi connectivity index (χ4v) is 1.33. The summed E-state index contributed by atoms with van der Waals surface area (Å²) in [5.41, 5.74) is 0.898. The summed E-state index contributed by atoms with van der Waals surface area (Å²) in [5.74, 6) is -0.417. The molecule has 0 aliphatic rings. The maximum Gasteiger partial charge on any atom is 0.149 e. The SMILES string of the molecule is CC(C)/C(C=O)=C/c1cccc(Cl)c1F. The summed E-state index contributed by atoms with van der Waals surface area (Å²) in [6, 6.07) is 4.72. The van der Waals surface area contributed by atoms with Crippen molar-refractivity contribution in [2.75, 3.05) is 0 Å². The second-order valence-corrected chi connectivity index (χ2v) is 3.97. The van der Waals surface area contributed by atoms with E-state index in [4.69, 9.17) is 11.6 Å². The highest BCUT2D eigenvalue weighted by molar-refractivity contribution is 6.30. The molecule has 0 fully saturated rings. The van der Waals surface area contributed by atoms with Gasteiger partial charge in [0.15, 0.2) is 0 Å². The van der Waals surface area contributed by atoms with Gasteiger partial charge in [-0.05, 0) is 23.6 Å². The lowest BCUT2D eigenvalue weighted by Crippen LogP contribution is -1.96. The molecule has 0 N–H and O–H groups in total. The van der Waals surface area contributed by atoms with Gasteiger partial charge in [0.2, 0.25) is 0 Å². The van der Waals surface area contributed by atoms with Gasteiger partial charge >= 0.3 is 0 Å². The Bertz CT molecular complexity index is 397. The lowest BCUT2D eigenvalue weighted by atomic mass is 10.0. The molecule has 0 unspecified atom stereocenters. The van der Waals surface area contributed by atoms with Crippen LogP contribution in [0.5, 0.6) is 0 Å². The van der Waals surface area contributed by atoms with Crippen LogP contribution in [0, 0.1) is 11.7 Å². The van der Waals surface area contributed by atoms with E-state index in [0.717, 1.165) is 6.29 Å². The Kier molecular flexibility index (Phi) is 4.04. The van der Waals surface area contributed by atoms with Crippen LogP contribution in [0.25, 0.3) is 6.08 Å². The van der Waals surface area contributed by atoms with Gasteiger partial charge in [0, 0.05) is 5.56 Å². The zero-order valence-electron chi connectivity index (χ0n) is 8.63. The number of carbonyl (C=O) groups excluding carboxylic acids is 1. The summed E-state index contributed by atoms with van der Waals surface area (Å²) in [6.07, 6.45) is 2.27. The third-order valence-electron chi connectivity index (χ3n) is 2.11. The molecule has 0 aliphatic heterocycles. The largest absolute Gasteiger partial charge is 0.298 e. The zero-order chi connectivity index (χ0) is 11.4. The van der Waals surface area contributed by atoms with Crippen LogP contribution in [-0.4, -0.2) is 6.29 Å². The minimum Gasteiger partial charge on any atom is -0.298 e. The van der Waals surface area contributed by atoms with Crippen LogP contribution < -0.4 is 0 Å². The first-order chi connectivity index (χ1) is 7.06. The Morgan fingerprint density at radius 3 is 2.67 bits per heavy atom. The molecule has 1 aromatic rings. The highest BCUT2D eigenvalue weighted by atomic mass is 35.5. The molecule has 0 aliphatic carbocycles. The van der Waals surface area contributed by atoms with Crippen LogP contribution in [0.3, 0.4) is 0 Å². The van der Waals surface area contributed by atoms with Crippen molar-refractivity contribution >= 4 is 24.0 Å². The minimum absolute atomic E-state index is 0.0674. The first-order valence-electron chi connectivity index (χ1n) is 4.67. The van der Waals surface area contributed by atoms with E-state index in [1.807, 2.05) is 13.8 Å². The van der Waals surface area contributed by atoms with Gasteiger partial charge in [0.1, 0.15) is 12.1 Å². The van der Waals surface area contributed by atoms with E-state index in [1.54, 1.807) is 12.1 Å². The van der Waals surface area contributed by atoms with Gasteiger partial charge < -0.3 is 0 Å². The molecular weight excluding hydrogens is 215 g/mol. The van der Waals surface area contributed by atoms with Gasteiger partial charge in [-0.2, -0.15) is 0 Å². The molecule has 0 heterocycles. The van der Waals surface area contributed by atoms with Crippen molar-refractivity contribution in [3.8, 4) is 0 Å². The Hall–Kier alpha value is -1.15. The first kappa shape index (κ1) is 11.9. The standard InChI is InChI=1S/C12H12ClFO/c1-8(2)10(7-15)6-9-4-3-5-11(13)12(9)14/h3-8H,1-2H3/b10-6+. The van der Waals surface area contributed by atoms with E-state index in [9.17, 15) is 9.18 Å². The van der Waals surface area contributed by atoms with Gasteiger partial charge in [0.05, 0.1) is 5.02 Å². The Morgan fingerprint density at radius 2 is 2.13 bits per heavy atom. The average Bonchev–Trinajstić information content (AvgIpc) is 2.19. The number of halogens is 2. The van der Waals surface area contributed by atoms with E-state index >= 15 is 0 Å². The predicted molar refractivity (Wildman–Crippen MR) is 60.3 cm³/mol. The normalized spacial score (nSPS) is 11.9. The van der Waals surface area contributed by atoms with E-state index < -0.39 is 5.82 Å². The summed E-state index contributed by atoms with van der Waals surface area (Å²) in [4.78, 5) is 10.7. The number of benzene rings is 1. The Labute approximate surface area is 93.6 Å². The molecule has 0 amide bonds. The second kappa shape index (κ2) is 5.08. The highest BCUT2D eigenvalue weighted by Crippen LogP contribution is 2.21. The molecule has 0 aromatic heterocycles. The molecule has 0 saturated carbocycles. The minimum atomic E-state index is -0.487. The lowest BCUT2D eigenvalue weighted by Gasteiger charge is -2.04. The molecule has 0 saturated heterocycles. The maximum absolute atomic E-state index is 13.5. The number of carbonyl (C=O) groups is 1. The molecular formula is C12H12ClFO. The van der Waals surface area contributed by atoms with Crippen molar-refractivity contribution in [2.45, 2.75) is 13.8 Å². The van der Waals surface area contributed by atoms with E-state index in [2.05, 4.69) is 0 Å². The molecule has 1 aromatic carbocycles. The molecule has 0 radical (unpaired) electrons. The lowest BCUT2D eigenvalue weighted by molar-refractivity contribution is -0.105. The van der Waals surface area contributed by atoms with Gasteiger partial charge in [-0.3, -0.25) is 4.79 Å². The predicted octanol–water partition coefficient (Wildman–Crippen LogP) is 3.72. The molecule has 0 bridgehead atoms. The third kappa shape index (κ3) is 2.90. The number of aldehydes is 1. The first-order valence-corrected chi connectivity index (χ1v) is 5.05. The number of hydrogen-bond acceptors (Lipinski definition) is 1. The van der Waals surface area contributed by atoms with Gasteiger partial charge in [-0.1, -0.05) is 37.6 Å². The zero-order valence-corrected chi connectivity index (χ0v) is 9.38. The number of hydrogen-bond donors (Lipinski definition) is 0. The number of rotatable bonds is 3. The molecule has 1 rings (SSSR count). The Balaban J connectivity index is 3.17. The van der Waals surface area contributed by atoms with Crippen molar-refractivity contribution in [1.82, 2.24) is 0 Å². The van der Waals surface area contributed by atoms with Crippen LogP contribution in [0.4, 0.5) is 4.39 Å². The summed E-state index contributed by atoms with van der Waals surface area (Å²) in [5, 5.41) is 0.0674. The van der Waals surface area contributed by atoms with Gasteiger partial charge in [0.25, 0.3) is 0 Å². The van der Waals surface area contributed by atoms with Crippen molar-refractivity contribution in [3.63, 3.8) is 0 Å². The maximum atomic E-state index is 13.5. The molecule has 0 atom stereocenters. The van der Waals surface area contributed by atoms with Crippen molar-refractivity contribution in [3.05, 3.63) is 40.2 Å². The fourth-order valence-electron chi connectivity index (χ4n) is 1.15. The van der Waals surface area contributed by atoms with Crippen LogP contribution in [0.15, 0.2) is 23.8 Å². The third-order valence-corrected chi connectivity index (χ3v) is 2.40. The smallest absolute Gasteiger partial charge is 0.149 e. The van der Waals surface area contributed by atoms with Gasteiger partial charge in [-0.15, -0.1) is 0 Å². The molecule has 80 valence electrons. The molecule has 1 nitrogen and oxygen atoms in total. The quantitative estimate of drug-likeness (QED) is 0.567. The van der Waals surface area contributed by atoms with E-state index in [1.165, 1.54) is 12.1 Å². The summed E-state index contributed by atoms with van der Waals surface area (Å²) in [7, 11) is 0. The summed E-state index contributed by atoms with van der Waals surface area (Å²) in [6.45, 7) is 3.76. The van der Waals surface area contributed by atoms with Crippen LogP contribution in [-0.2, 0) is 4.79 Å². The Morgan fingerprint density at radius 1 is 1.47 bits per heavy atom. The van der Waals surface area contributed by atoms with Crippen LogP contribution in [0.1, 0.15) is 19.4 Å². The fraction of sp³-hybridized carbons (Fsp3) is 0.250. The monoisotopic (exact) mass is 226 g/mol. The number of allylic oxidation sites excluding steroid dienone is 1. The summed E-state index contributed by atoms with van der Waals surface area (Å²) >= 11 is 5.63. The van der Waals surface area contributed by atoms with E-state index in [-0.39, 0.29) is 10.9 Å². The van der Waals surface area contributed by atoms with Crippen molar-refractivity contribution < 1.29 is 9.18 Å². The topological polar surface area (TPSA) is 17.1 Å². The molecule has 15 heavy (non-hydrogen) atoms. The summed E-state index contributed by atoms with van der Waals surface area (Å²) < 4.78 is 13.5. The average molecular weight is 227 g/mol. The van der Waals surface area contributed by atoms with Crippen molar-refractivity contribution in [1.29, 1.82) is 0 Å². The molecule has 0 spiro atoms. The van der Waals surface area contributed by atoms with E-state index in [0.29, 0.717) is 11.1 Å². The second-order valence-electron chi connectivity index (χ2n) is 3.56. The highest BCUT2D eigenvalue weighted by Gasteiger charge is 2.07. The van der Waals surface area contributed by atoms with Crippen molar-refractivity contribution in [2.24, 2.45) is 5.92 Å². The van der Waals surface area contributed by atoms with Gasteiger partial charge in [-0.25, -0.2) is 4.39 Å². The molecule has 3 heteroatoms. The van der Waals surface area contributed by atoms with Crippen LogP contribution in [0.2, 0.25) is 5.02 Å².